The van der Waals surface area contributed by atoms with E-state index in [2.05, 4.69) is 16.3 Å². The molecule has 2 bridgehead atoms. The Balaban J connectivity index is 1.43. The molecule has 0 spiro atoms. The van der Waals surface area contributed by atoms with Crippen molar-refractivity contribution in [3.63, 3.8) is 0 Å². The third-order valence-electron chi connectivity index (χ3n) is 7.35. The molecule has 2 aliphatic heterocycles. The van der Waals surface area contributed by atoms with Gasteiger partial charge in [0.1, 0.15) is 0 Å². The lowest BCUT2D eigenvalue weighted by Crippen LogP contribution is -2.41. The maximum absolute atomic E-state index is 13.2. The summed E-state index contributed by atoms with van der Waals surface area (Å²) in [5, 5.41) is 6.11. The normalized spacial score (nSPS) is 27.6. The van der Waals surface area contributed by atoms with Gasteiger partial charge in [-0.2, -0.15) is 0 Å². The molecule has 2 aliphatic carbocycles. The zero-order valence-electron chi connectivity index (χ0n) is 20.3. The van der Waals surface area contributed by atoms with E-state index < -0.39 is 0 Å². The number of benzene rings is 1. The second-order valence-electron chi connectivity index (χ2n) is 10.3. The maximum atomic E-state index is 13.2. The van der Waals surface area contributed by atoms with Crippen molar-refractivity contribution < 1.29 is 14.3 Å². The summed E-state index contributed by atoms with van der Waals surface area (Å²) >= 11 is 1.51. The van der Waals surface area contributed by atoms with Gasteiger partial charge in [-0.05, 0) is 69.8 Å². The van der Waals surface area contributed by atoms with Gasteiger partial charge in [-0.3, -0.25) is 4.79 Å². The molecule has 2 saturated carbocycles. The van der Waals surface area contributed by atoms with Gasteiger partial charge in [0, 0.05) is 11.7 Å². The van der Waals surface area contributed by atoms with Crippen LogP contribution in [0, 0.1) is 18.8 Å². The minimum atomic E-state index is -0.379. The van der Waals surface area contributed by atoms with Crippen LogP contribution in [0.25, 0.3) is 0 Å². The molecule has 1 amide bonds. The number of hydrogen-bond acceptors (Lipinski definition) is 6. The van der Waals surface area contributed by atoms with Gasteiger partial charge in [-0.1, -0.05) is 48.0 Å². The second kappa shape index (κ2) is 9.25. The minimum Gasteiger partial charge on any atom is -0.459 e. The lowest BCUT2D eigenvalue weighted by atomic mass is 9.92. The van der Waals surface area contributed by atoms with E-state index in [0.717, 1.165) is 34.3 Å². The van der Waals surface area contributed by atoms with Crippen molar-refractivity contribution in [3.05, 3.63) is 57.8 Å². The summed E-state index contributed by atoms with van der Waals surface area (Å²) in [6.45, 7) is 7.61. The van der Waals surface area contributed by atoms with E-state index in [4.69, 9.17) is 9.73 Å². The third kappa shape index (κ3) is 4.42. The number of thioether (sulfide) groups is 1. The number of aliphatic imine (C=N–C) groups is 1. The summed E-state index contributed by atoms with van der Waals surface area (Å²) in [4.78, 5) is 33.1. The number of carbonyl (C=O) groups is 2. The fourth-order valence-electron chi connectivity index (χ4n) is 5.91. The molecule has 1 N–H and O–H groups in total. The summed E-state index contributed by atoms with van der Waals surface area (Å²) in [6, 6.07) is 8.11. The molecule has 1 aromatic rings. The molecule has 5 rings (SSSR count). The summed E-state index contributed by atoms with van der Waals surface area (Å²) in [7, 11) is 0. The number of rotatable bonds is 6. The Labute approximate surface area is 205 Å². The molecule has 34 heavy (non-hydrogen) atoms. The van der Waals surface area contributed by atoms with Crippen LogP contribution in [0.5, 0.6) is 0 Å². The van der Waals surface area contributed by atoms with E-state index in [-0.39, 0.29) is 30.4 Å². The summed E-state index contributed by atoms with van der Waals surface area (Å²) < 4.78 is 5.63. The van der Waals surface area contributed by atoms with Crippen molar-refractivity contribution in [3.8, 4) is 0 Å². The molecule has 180 valence electrons. The predicted molar refractivity (Wildman–Crippen MR) is 135 cm³/mol. The van der Waals surface area contributed by atoms with Crippen LogP contribution in [-0.2, 0) is 14.3 Å². The van der Waals surface area contributed by atoms with Gasteiger partial charge in [0.15, 0.2) is 5.17 Å². The van der Waals surface area contributed by atoms with Crippen molar-refractivity contribution in [2.24, 2.45) is 16.8 Å². The Morgan fingerprint density at radius 2 is 2.06 bits per heavy atom. The van der Waals surface area contributed by atoms with E-state index in [9.17, 15) is 9.59 Å². The van der Waals surface area contributed by atoms with Crippen LogP contribution in [0.3, 0.4) is 0 Å². The van der Waals surface area contributed by atoms with E-state index in [1.54, 1.807) is 0 Å². The highest BCUT2D eigenvalue weighted by Crippen LogP contribution is 2.46. The van der Waals surface area contributed by atoms with Crippen LogP contribution < -0.4 is 5.32 Å². The van der Waals surface area contributed by atoms with Crippen molar-refractivity contribution >= 4 is 28.8 Å². The van der Waals surface area contributed by atoms with Crippen LogP contribution in [0.4, 0.5) is 0 Å². The first-order valence-corrected chi connectivity index (χ1v) is 13.2. The second-order valence-corrected chi connectivity index (χ2v) is 11.1. The average molecular weight is 480 g/mol. The number of amidine groups is 1. The van der Waals surface area contributed by atoms with Gasteiger partial charge in [-0.25, -0.2) is 9.79 Å². The van der Waals surface area contributed by atoms with Gasteiger partial charge in [-0.15, -0.1) is 0 Å². The molecule has 6 nitrogen and oxygen atoms in total. The summed E-state index contributed by atoms with van der Waals surface area (Å²) in [5.41, 5.74) is 4.17. The molecular formula is C27H33N3O3S. The number of nitrogens with zero attached hydrogens (tertiary/aromatic N) is 2. The molecule has 0 radical (unpaired) electrons. The number of amides is 1. The highest BCUT2D eigenvalue weighted by molar-refractivity contribution is 8.16. The summed E-state index contributed by atoms with van der Waals surface area (Å²) in [5.74, 6) is 1.11. The number of hydrogen-bond donors (Lipinski definition) is 1. The number of esters is 1. The molecule has 0 saturated heterocycles. The van der Waals surface area contributed by atoms with Gasteiger partial charge < -0.3 is 15.0 Å². The van der Waals surface area contributed by atoms with E-state index >= 15 is 0 Å². The number of allylic oxidation sites excluding steroid dienone is 1. The highest BCUT2D eigenvalue weighted by atomic mass is 32.2. The zero-order chi connectivity index (χ0) is 24.0. The topological polar surface area (TPSA) is 71.0 Å². The Morgan fingerprint density at radius 1 is 1.24 bits per heavy atom. The fourth-order valence-corrected chi connectivity index (χ4v) is 6.87. The molecule has 0 aromatic heterocycles. The van der Waals surface area contributed by atoms with Crippen LogP contribution in [0.2, 0.25) is 0 Å². The SMILES string of the molecule is CC1=C(C(=O)OC(C)C)C(c2cccc(C)c2)N2C(CC(=O)NC3CC4CCC3C4)=CSC2=N1. The monoisotopic (exact) mass is 479 g/mol. The van der Waals surface area contributed by atoms with Crippen molar-refractivity contribution in [2.45, 2.75) is 78.0 Å². The maximum Gasteiger partial charge on any atom is 0.338 e. The van der Waals surface area contributed by atoms with Gasteiger partial charge in [0.25, 0.3) is 0 Å². The van der Waals surface area contributed by atoms with Crippen LogP contribution >= 0.6 is 11.8 Å². The smallest absolute Gasteiger partial charge is 0.338 e. The molecule has 4 aliphatic rings. The molecule has 4 atom stereocenters. The van der Waals surface area contributed by atoms with Gasteiger partial charge in [0.05, 0.1) is 29.8 Å². The van der Waals surface area contributed by atoms with Gasteiger partial charge in [0.2, 0.25) is 5.91 Å². The quantitative estimate of drug-likeness (QED) is 0.567. The van der Waals surface area contributed by atoms with E-state index in [0.29, 0.717) is 23.2 Å². The predicted octanol–water partition coefficient (Wildman–Crippen LogP) is 5.22. The average Bonchev–Trinajstić information content (AvgIpc) is 3.48. The van der Waals surface area contributed by atoms with E-state index in [1.165, 1.54) is 31.0 Å². The van der Waals surface area contributed by atoms with Crippen LogP contribution in [-0.4, -0.2) is 34.1 Å². The van der Waals surface area contributed by atoms with Crippen molar-refractivity contribution in [1.82, 2.24) is 10.2 Å². The Kier molecular flexibility index (Phi) is 6.32. The molecule has 7 heteroatoms. The number of fused-ring (bicyclic) bond motifs is 3. The lowest BCUT2D eigenvalue weighted by molar-refractivity contribution is -0.143. The Morgan fingerprint density at radius 3 is 2.74 bits per heavy atom. The highest BCUT2D eigenvalue weighted by Gasteiger charge is 2.43. The summed E-state index contributed by atoms with van der Waals surface area (Å²) in [6.07, 6.45) is 4.95. The third-order valence-corrected chi connectivity index (χ3v) is 8.24. The first kappa shape index (κ1) is 23.2. The largest absolute Gasteiger partial charge is 0.459 e. The van der Waals surface area contributed by atoms with Gasteiger partial charge >= 0.3 is 5.97 Å². The fraction of sp³-hybridized carbons (Fsp3) is 0.519. The molecule has 2 heterocycles. The van der Waals surface area contributed by atoms with Crippen molar-refractivity contribution in [2.75, 3.05) is 0 Å². The Hall–Kier alpha value is -2.54. The van der Waals surface area contributed by atoms with Crippen molar-refractivity contribution in [1.29, 1.82) is 0 Å². The minimum absolute atomic E-state index is 0.0474. The lowest BCUT2D eigenvalue weighted by Gasteiger charge is -2.36. The van der Waals surface area contributed by atoms with Crippen LogP contribution in [0.15, 0.2) is 51.6 Å². The standard InChI is InChI=1S/C27H33N3O3S/c1-15(2)33-26(32)24-17(4)28-27-30(25(24)20-7-5-6-16(3)10-20)21(14-34-27)13-23(31)29-22-12-18-8-9-19(22)11-18/h5-7,10,14-15,18-19,22,25H,8-9,11-13H2,1-4H3,(H,29,31). The number of aryl methyl sites for hydroxylation is 1. The molecular weight excluding hydrogens is 446 g/mol. The molecule has 1 aromatic carbocycles. The molecule has 2 fully saturated rings. The molecule has 4 unspecified atom stereocenters. The van der Waals surface area contributed by atoms with E-state index in [1.807, 2.05) is 51.3 Å². The first-order chi connectivity index (χ1) is 16.3. The number of nitrogens with one attached hydrogen (secondary N) is 1. The first-order valence-electron chi connectivity index (χ1n) is 12.3. The van der Waals surface area contributed by atoms with Crippen LogP contribution in [0.1, 0.15) is 70.0 Å². The Bertz CT molecular complexity index is 1110. The zero-order valence-corrected chi connectivity index (χ0v) is 21.2. The number of ether oxygens (including phenoxy) is 1. The number of carbonyl (C=O) groups excluding carboxylic acids is 2.